The second-order valence-corrected chi connectivity index (χ2v) is 5.97. The summed E-state index contributed by atoms with van der Waals surface area (Å²) < 4.78 is 1.85. The summed E-state index contributed by atoms with van der Waals surface area (Å²) in [6, 6.07) is 7.04. The van der Waals surface area contributed by atoms with Crippen molar-refractivity contribution in [1.29, 1.82) is 0 Å². The maximum absolute atomic E-state index is 12.2. The van der Waals surface area contributed by atoms with E-state index in [0.29, 0.717) is 12.1 Å². The average molecular weight is 342 g/mol. The highest BCUT2D eigenvalue weighted by molar-refractivity contribution is 6.39. The van der Waals surface area contributed by atoms with Crippen molar-refractivity contribution in [2.75, 3.05) is 18.4 Å². The summed E-state index contributed by atoms with van der Waals surface area (Å²) in [6.45, 7) is 0.339. The molecule has 3 rings (SSSR count). The van der Waals surface area contributed by atoms with Gasteiger partial charge in [-0.1, -0.05) is 12.1 Å². The summed E-state index contributed by atoms with van der Waals surface area (Å²) in [7, 11) is 1.86. The highest BCUT2D eigenvalue weighted by Crippen LogP contribution is 2.21. The fraction of sp³-hybridized carbons (Fsp3) is 0.294. The number of carboxylic acids is 1. The number of hydrogen-bond acceptors (Lipinski definition) is 4. The van der Waals surface area contributed by atoms with Gasteiger partial charge in [-0.15, -0.1) is 0 Å². The van der Waals surface area contributed by atoms with Crippen LogP contribution >= 0.6 is 0 Å². The summed E-state index contributed by atoms with van der Waals surface area (Å²) >= 11 is 0. The van der Waals surface area contributed by atoms with Gasteiger partial charge in [-0.2, -0.15) is 0 Å². The molecule has 1 fully saturated rings. The van der Waals surface area contributed by atoms with Crippen LogP contribution in [0.4, 0.5) is 5.69 Å². The van der Waals surface area contributed by atoms with Crippen molar-refractivity contribution in [2.24, 2.45) is 13.0 Å². The second-order valence-electron chi connectivity index (χ2n) is 5.97. The zero-order chi connectivity index (χ0) is 18.0. The number of nitrogens with zero attached hydrogens (tertiary/aromatic N) is 3. The fourth-order valence-corrected chi connectivity index (χ4v) is 2.85. The van der Waals surface area contributed by atoms with Gasteiger partial charge in [-0.25, -0.2) is 4.98 Å². The van der Waals surface area contributed by atoms with E-state index in [9.17, 15) is 14.4 Å². The van der Waals surface area contributed by atoms with Crippen molar-refractivity contribution in [3.63, 3.8) is 0 Å². The minimum absolute atomic E-state index is 0.0644. The van der Waals surface area contributed by atoms with Crippen LogP contribution in [-0.2, 0) is 21.4 Å². The maximum Gasteiger partial charge on any atom is 0.313 e. The molecule has 1 aromatic heterocycles. The second kappa shape index (κ2) is 6.76. The van der Waals surface area contributed by atoms with E-state index < -0.39 is 23.7 Å². The molecule has 0 aliphatic carbocycles. The van der Waals surface area contributed by atoms with Crippen LogP contribution in [0.2, 0.25) is 0 Å². The van der Waals surface area contributed by atoms with Crippen LogP contribution < -0.4 is 5.32 Å². The van der Waals surface area contributed by atoms with Crippen LogP contribution in [0.25, 0.3) is 11.4 Å². The number of aryl methyl sites for hydroxylation is 1. The summed E-state index contributed by atoms with van der Waals surface area (Å²) in [5, 5.41) is 11.6. The summed E-state index contributed by atoms with van der Waals surface area (Å²) in [5.74, 6) is -2.30. The molecule has 8 heteroatoms. The predicted molar refractivity (Wildman–Crippen MR) is 89.6 cm³/mol. The molecule has 0 saturated carbocycles. The molecule has 2 N–H and O–H groups in total. The molecule has 1 unspecified atom stereocenters. The van der Waals surface area contributed by atoms with Crippen molar-refractivity contribution >= 4 is 23.5 Å². The molecule has 1 saturated heterocycles. The number of aromatic nitrogens is 2. The molecule has 2 heterocycles. The zero-order valence-electron chi connectivity index (χ0n) is 13.7. The predicted octanol–water partition coefficient (Wildman–Crippen LogP) is 0.959. The molecule has 2 amide bonds. The largest absolute Gasteiger partial charge is 0.481 e. The Kier molecular flexibility index (Phi) is 4.51. The first-order valence-corrected chi connectivity index (χ1v) is 7.86. The Morgan fingerprint density at radius 3 is 2.76 bits per heavy atom. The molecule has 25 heavy (non-hydrogen) atoms. The number of carboxylic acid groups (broad SMARTS) is 1. The van der Waals surface area contributed by atoms with Gasteiger partial charge in [0.1, 0.15) is 5.82 Å². The van der Waals surface area contributed by atoms with Gasteiger partial charge in [-0.05, 0) is 18.6 Å². The van der Waals surface area contributed by atoms with E-state index in [4.69, 9.17) is 5.11 Å². The normalized spacial score (nSPS) is 16.7. The molecular formula is C17H18N4O4. The van der Waals surface area contributed by atoms with Gasteiger partial charge in [0.15, 0.2) is 0 Å². The lowest BCUT2D eigenvalue weighted by Gasteiger charge is -2.15. The van der Waals surface area contributed by atoms with Crippen LogP contribution in [0.15, 0.2) is 36.7 Å². The average Bonchev–Trinajstić information content (AvgIpc) is 3.23. The van der Waals surface area contributed by atoms with Gasteiger partial charge in [0.25, 0.3) is 0 Å². The standard InChI is InChI=1S/C17H18N4O4/c1-20-8-6-18-14(20)11-3-2-4-13(9-11)19-15(22)16(23)21-7-5-12(10-21)17(24)25/h2-4,6,8-9,12H,5,7,10H2,1H3,(H,19,22)(H,24,25). The van der Waals surface area contributed by atoms with Crippen molar-refractivity contribution in [1.82, 2.24) is 14.5 Å². The first kappa shape index (κ1) is 16.7. The topological polar surface area (TPSA) is 105 Å². The van der Waals surface area contributed by atoms with Crippen molar-refractivity contribution in [3.8, 4) is 11.4 Å². The van der Waals surface area contributed by atoms with Crippen LogP contribution in [0.1, 0.15) is 6.42 Å². The number of carbonyl (C=O) groups excluding carboxylic acids is 2. The highest BCUT2D eigenvalue weighted by Gasteiger charge is 2.33. The molecule has 130 valence electrons. The Morgan fingerprint density at radius 1 is 1.32 bits per heavy atom. The Hall–Kier alpha value is -3.16. The van der Waals surface area contributed by atoms with Crippen molar-refractivity contribution < 1.29 is 19.5 Å². The lowest BCUT2D eigenvalue weighted by molar-refractivity contribution is -0.144. The number of hydrogen-bond donors (Lipinski definition) is 2. The Bertz CT molecular complexity index is 830. The van der Waals surface area contributed by atoms with E-state index in [1.54, 1.807) is 24.4 Å². The fourth-order valence-electron chi connectivity index (χ4n) is 2.85. The van der Waals surface area contributed by atoms with Gasteiger partial charge in [0.2, 0.25) is 0 Å². The molecule has 1 aliphatic rings. The van der Waals surface area contributed by atoms with Crippen molar-refractivity contribution in [3.05, 3.63) is 36.7 Å². The van der Waals surface area contributed by atoms with Gasteiger partial charge in [-0.3, -0.25) is 14.4 Å². The quantitative estimate of drug-likeness (QED) is 0.809. The van der Waals surface area contributed by atoms with E-state index in [-0.39, 0.29) is 13.1 Å². The summed E-state index contributed by atoms with van der Waals surface area (Å²) in [4.78, 5) is 40.8. The van der Waals surface area contributed by atoms with Crippen LogP contribution in [0.3, 0.4) is 0 Å². The minimum Gasteiger partial charge on any atom is -0.481 e. The van der Waals surface area contributed by atoms with E-state index in [2.05, 4.69) is 10.3 Å². The number of carbonyl (C=O) groups is 3. The SMILES string of the molecule is Cn1ccnc1-c1cccc(NC(=O)C(=O)N2CCC(C(=O)O)C2)c1. The van der Waals surface area contributed by atoms with E-state index in [1.165, 1.54) is 4.90 Å². The van der Waals surface area contributed by atoms with Gasteiger partial charge >= 0.3 is 17.8 Å². The smallest absolute Gasteiger partial charge is 0.313 e. The van der Waals surface area contributed by atoms with E-state index in [1.807, 2.05) is 23.9 Å². The number of anilines is 1. The summed E-state index contributed by atoms with van der Waals surface area (Å²) in [6.07, 6.45) is 3.86. The first-order valence-electron chi connectivity index (χ1n) is 7.86. The number of amides is 2. The van der Waals surface area contributed by atoms with Crippen molar-refractivity contribution in [2.45, 2.75) is 6.42 Å². The lowest BCUT2D eigenvalue weighted by atomic mass is 10.1. The number of likely N-dealkylation sites (tertiary alicyclic amines) is 1. The number of benzene rings is 1. The minimum atomic E-state index is -0.946. The lowest BCUT2D eigenvalue weighted by Crippen LogP contribution is -2.38. The Morgan fingerprint density at radius 2 is 2.12 bits per heavy atom. The number of aliphatic carboxylic acids is 1. The van der Waals surface area contributed by atoms with E-state index in [0.717, 1.165) is 11.4 Å². The third-order valence-corrected chi connectivity index (χ3v) is 4.22. The van der Waals surface area contributed by atoms with Gasteiger partial charge in [0.05, 0.1) is 5.92 Å². The third kappa shape index (κ3) is 3.52. The molecular weight excluding hydrogens is 324 g/mol. The monoisotopic (exact) mass is 342 g/mol. The molecule has 1 aliphatic heterocycles. The van der Waals surface area contributed by atoms with Crippen LogP contribution in [0, 0.1) is 5.92 Å². The molecule has 0 bridgehead atoms. The van der Waals surface area contributed by atoms with E-state index >= 15 is 0 Å². The molecule has 8 nitrogen and oxygen atoms in total. The Labute approximate surface area is 144 Å². The first-order chi connectivity index (χ1) is 12.0. The molecule has 0 spiro atoms. The molecule has 1 atom stereocenters. The zero-order valence-corrected chi connectivity index (χ0v) is 13.7. The molecule has 0 radical (unpaired) electrons. The van der Waals surface area contributed by atoms with Crippen LogP contribution in [-0.4, -0.2) is 50.4 Å². The Balaban J connectivity index is 1.68. The molecule has 1 aromatic carbocycles. The maximum atomic E-state index is 12.2. The van der Waals surface area contributed by atoms with Gasteiger partial charge < -0.3 is 19.9 Å². The highest BCUT2D eigenvalue weighted by atomic mass is 16.4. The number of imidazole rings is 1. The third-order valence-electron chi connectivity index (χ3n) is 4.22. The van der Waals surface area contributed by atoms with Gasteiger partial charge in [0, 0.05) is 43.8 Å². The molecule has 2 aromatic rings. The summed E-state index contributed by atoms with van der Waals surface area (Å²) in [5.41, 5.74) is 1.29. The number of nitrogens with one attached hydrogen (secondary N) is 1. The number of rotatable bonds is 3. The van der Waals surface area contributed by atoms with Crippen LogP contribution in [0.5, 0.6) is 0 Å².